The third-order valence-corrected chi connectivity index (χ3v) is 2.07. The molecule has 64 valence electrons. The van der Waals surface area contributed by atoms with Gasteiger partial charge in [-0.25, -0.2) is 0 Å². The maximum absolute atomic E-state index is 10.5. The van der Waals surface area contributed by atoms with Crippen molar-refractivity contribution < 1.29 is 13.6 Å². The quantitative estimate of drug-likeness (QED) is 0.407. The van der Waals surface area contributed by atoms with Gasteiger partial charge in [-0.2, -0.15) is 0 Å². The van der Waals surface area contributed by atoms with Crippen molar-refractivity contribution in [1.29, 1.82) is 0 Å². The molecular weight excluding hydrogens is 178 g/mol. The van der Waals surface area contributed by atoms with Crippen molar-refractivity contribution in [3.8, 4) is 0 Å². The fourth-order valence-corrected chi connectivity index (χ4v) is 1.29. The van der Waals surface area contributed by atoms with E-state index in [1.54, 1.807) is 0 Å². The Morgan fingerprint density at radius 2 is 2.17 bits per heavy atom. The Balaban J connectivity index is 3.29. The zero-order valence-corrected chi connectivity index (χ0v) is 6.84. The van der Waals surface area contributed by atoms with Crippen LogP contribution in [-0.4, -0.2) is 15.0 Å². The number of anilines is 1. The first-order valence-corrected chi connectivity index (χ1v) is 4.16. The largest absolute Gasteiger partial charge is 0.768 e. The number of carbonyl (C=O) groups is 1. The van der Waals surface area contributed by atoms with E-state index in [1.165, 1.54) is 18.2 Å². The molecule has 0 aliphatic heterocycles. The van der Waals surface area contributed by atoms with E-state index in [-0.39, 0.29) is 10.5 Å². The standard InChI is InChI=1S/C7H7NO3S/c8-6-1-2-7(12(10)11)5(3-6)4-9/h1-4H,8H2,(H,10,11)/p-1. The summed E-state index contributed by atoms with van der Waals surface area (Å²) < 4.78 is 21.0. The summed E-state index contributed by atoms with van der Waals surface area (Å²) >= 11 is -2.39. The first-order chi connectivity index (χ1) is 5.65. The Bertz CT molecular complexity index is 337. The molecule has 1 rings (SSSR count). The lowest BCUT2D eigenvalue weighted by Gasteiger charge is -2.07. The van der Waals surface area contributed by atoms with Crippen molar-refractivity contribution >= 4 is 23.1 Å². The van der Waals surface area contributed by atoms with E-state index in [1.807, 2.05) is 0 Å². The first-order valence-electron chi connectivity index (χ1n) is 3.09. The fraction of sp³-hybridized carbons (Fsp3) is 0. The maximum atomic E-state index is 10.5. The van der Waals surface area contributed by atoms with Gasteiger partial charge in [0.15, 0.2) is 6.29 Å². The number of benzene rings is 1. The number of hydrogen-bond acceptors (Lipinski definition) is 4. The van der Waals surface area contributed by atoms with E-state index in [0.717, 1.165) is 0 Å². The van der Waals surface area contributed by atoms with Crippen molar-refractivity contribution in [2.45, 2.75) is 4.90 Å². The van der Waals surface area contributed by atoms with E-state index in [2.05, 4.69) is 0 Å². The molecule has 0 aromatic heterocycles. The molecule has 0 bridgehead atoms. The van der Waals surface area contributed by atoms with Crippen LogP contribution in [0.4, 0.5) is 5.69 Å². The minimum atomic E-state index is -2.39. The van der Waals surface area contributed by atoms with Crippen LogP contribution in [0.1, 0.15) is 10.4 Å². The Morgan fingerprint density at radius 3 is 2.67 bits per heavy atom. The molecule has 0 fully saturated rings. The average Bonchev–Trinajstić information content (AvgIpc) is 2.03. The third-order valence-electron chi connectivity index (χ3n) is 1.34. The highest BCUT2D eigenvalue weighted by Crippen LogP contribution is 2.14. The van der Waals surface area contributed by atoms with Gasteiger partial charge in [0.1, 0.15) is 0 Å². The Hall–Kier alpha value is -1.20. The van der Waals surface area contributed by atoms with Crippen molar-refractivity contribution in [2.75, 3.05) is 5.73 Å². The molecule has 0 amide bonds. The monoisotopic (exact) mass is 184 g/mol. The highest BCUT2D eigenvalue weighted by atomic mass is 32.2. The molecule has 5 heteroatoms. The van der Waals surface area contributed by atoms with Gasteiger partial charge in [0.25, 0.3) is 0 Å². The van der Waals surface area contributed by atoms with Crippen LogP contribution in [-0.2, 0) is 11.1 Å². The lowest BCUT2D eigenvalue weighted by atomic mass is 10.2. The second-order valence-electron chi connectivity index (χ2n) is 2.15. The third kappa shape index (κ3) is 1.69. The van der Waals surface area contributed by atoms with E-state index in [0.29, 0.717) is 12.0 Å². The molecule has 0 heterocycles. The van der Waals surface area contributed by atoms with E-state index in [9.17, 15) is 13.6 Å². The predicted octanol–water partition coefficient (Wildman–Crippen LogP) is 0.319. The van der Waals surface area contributed by atoms with Crippen LogP contribution in [0, 0.1) is 0 Å². The topological polar surface area (TPSA) is 83.2 Å². The highest BCUT2D eigenvalue weighted by molar-refractivity contribution is 7.79. The Labute approximate surface area is 71.7 Å². The van der Waals surface area contributed by atoms with E-state index >= 15 is 0 Å². The van der Waals surface area contributed by atoms with Crippen LogP contribution in [0.3, 0.4) is 0 Å². The number of nitrogens with two attached hydrogens (primary N) is 1. The zero-order chi connectivity index (χ0) is 9.14. The molecule has 1 atom stereocenters. The van der Waals surface area contributed by atoms with Crippen LogP contribution in [0.15, 0.2) is 23.1 Å². The van der Waals surface area contributed by atoms with Crippen molar-refractivity contribution in [3.05, 3.63) is 23.8 Å². The first kappa shape index (κ1) is 8.89. The second kappa shape index (κ2) is 3.46. The van der Waals surface area contributed by atoms with Crippen LogP contribution in [0.5, 0.6) is 0 Å². The van der Waals surface area contributed by atoms with Gasteiger partial charge >= 0.3 is 0 Å². The molecule has 4 nitrogen and oxygen atoms in total. The van der Waals surface area contributed by atoms with Gasteiger partial charge < -0.3 is 10.3 Å². The predicted molar refractivity (Wildman–Crippen MR) is 43.4 cm³/mol. The molecule has 0 aliphatic rings. The SMILES string of the molecule is Nc1ccc(S(=O)[O-])c(C=O)c1. The summed E-state index contributed by atoms with van der Waals surface area (Å²) in [5.41, 5.74) is 5.80. The normalized spacial score (nSPS) is 12.4. The molecular formula is C7H6NO3S-. The van der Waals surface area contributed by atoms with Gasteiger partial charge in [-0.1, -0.05) is 0 Å². The molecule has 0 aliphatic carbocycles. The number of hydrogen-bond donors (Lipinski definition) is 1. The van der Waals surface area contributed by atoms with E-state index in [4.69, 9.17) is 5.73 Å². The van der Waals surface area contributed by atoms with Gasteiger partial charge in [-0.3, -0.25) is 9.00 Å². The summed E-state index contributed by atoms with van der Waals surface area (Å²) in [6.45, 7) is 0. The van der Waals surface area contributed by atoms with Crippen LogP contribution in [0.2, 0.25) is 0 Å². The lowest BCUT2D eigenvalue weighted by molar-refractivity contribution is 0.112. The van der Waals surface area contributed by atoms with Gasteiger partial charge in [-0.15, -0.1) is 0 Å². The van der Waals surface area contributed by atoms with E-state index < -0.39 is 11.1 Å². The number of rotatable bonds is 2. The minimum Gasteiger partial charge on any atom is -0.768 e. The Kier molecular flexibility index (Phi) is 2.57. The molecule has 1 aromatic carbocycles. The fourth-order valence-electron chi connectivity index (χ4n) is 0.811. The number of aldehydes is 1. The van der Waals surface area contributed by atoms with Crippen LogP contribution >= 0.6 is 0 Å². The minimum absolute atomic E-state index is 0.0285. The molecule has 12 heavy (non-hydrogen) atoms. The summed E-state index contributed by atoms with van der Waals surface area (Å²) in [7, 11) is 0. The average molecular weight is 184 g/mol. The maximum Gasteiger partial charge on any atom is 0.151 e. The molecule has 0 saturated heterocycles. The van der Waals surface area contributed by atoms with Gasteiger partial charge in [-0.05, 0) is 29.3 Å². The van der Waals surface area contributed by atoms with Crippen molar-refractivity contribution in [3.63, 3.8) is 0 Å². The molecule has 1 aromatic rings. The summed E-state index contributed by atoms with van der Waals surface area (Å²) in [5, 5.41) is 0. The van der Waals surface area contributed by atoms with Crippen molar-refractivity contribution in [2.24, 2.45) is 0 Å². The van der Waals surface area contributed by atoms with Crippen LogP contribution in [0.25, 0.3) is 0 Å². The lowest BCUT2D eigenvalue weighted by Crippen LogP contribution is -1.97. The zero-order valence-electron chi connectivity index (χ0n) is 6.02. The van der Waals surface area contributed by atoms with Gasteiger partial charge in [0, 0.05) is 16.1 Å². The number of carbonyl (C=O) groups excluding carboxylic acids is 1. The number of nitrogen functional groups attached to an aromatic ring is 1. The highest BCUT2D eigenvalue weighted by Gasteiger charge is 2.01. The summed E-state index contributed by atoms with van der Waals surface area (Å²) in [5.74, 6) is 0. The second-order valence-corrected chi connectivity index (χ2v) is 3.06. The molecule has 1 unspecified atom stereocenters. The Morgan fingerprint density at radius 1 is 1.50 bits per heavy atom. The van der Waals surface area contributed by atoms with Gasteiger partial charge in [0.2, 0.25) is 0 Å². The molecule has 0 saturated carbocycles. The van der Waals surface area contributed by atoms with Crippen molar-refractivity contribution in [1.82, 2.24) is 0 Å². The molecule has 0 spiro atoms. The molecule has 0 radical (unpaired) electrons. The molecule has 2 N–H and O–H groups in total. The summed E-state index contributed by atoms with van der Waals surface area (Å²) in [6.07, 6.45) is 0.460. The smallest absolute Gasteiger partial charge is 0.151 e. The summed E-state index contributed by atoms with van der Waals surface area (Å²) in [6, 6.07) is 4.04. The van der Waals surface area contributed by atoms with Crippen LogP contribution < -0.4 is 5.73 Å². The van der Waals surface area contributed by atoms with Gasteiger partial charge in [0.05, 0.1) is 0 Å². The summed E-state index contributed by atoms with van der Waals surface area (Å²) in [4.78, 5) is 10.3.